The van der Waals surface area contributed by atoms with Gasteiger partial charge < -0.3 is 10.0 Å². The number of carboxylic acids is 1. The van der Waals surface area contributed by atoms with E-state index in [9.17, 15) is 4.79 Å². The first-order valence-electron chi connectivity index (χ1n) is 9.88. The molecule has 4 rings (SSSR count). The van der Waals surface area contributed by atoms with E-state index in [2.05, 4.69) is 25.8 Å². The van der Waals surface area contributed by atoms with E-state index < -0.39 is 5.97 Å². The van der Waals surface area contributed by atoms with Crippen LogP contribution in [0.25, 0.3) is 17.3 Å². The molecular formula is C23H23N5O2. The fraction of sp³-hybridized carbons (Fsp3) is 0.217. The quantitative estimate of drug-likeness (QED) is 0.636. The van der Waals surface area contributed by atoms with Crippen LogP contribution in [0.1, 0.15) is 11.3 Å². The highest BCUT2D eigenvalue weighted by atomic mass is 16.4. The van der Waals surface area contributed by atoms with Gasteiger partial charge >= 0.3 is 5.97 Å². The van der Waals surface area contributed by atoms with Gasteiger partial charge in [0.05, 0.1) is 23.8 Å². The summed E-state index contributed by atoms with van der Waals surface area (Å²) in [7, 11) is 0. The largest absolute Gasteiger partial charge is 0.478 e. The van der Waals surface area contributed by atoms with Crippen molar-refractivity contribution in [3.63, 3.8) is 0 Å². The third-order valence-electron chi connectivity index (χ3n) is 5.03. The number of rotatable bonds is 6. The van der Waals surface area contributed by atoms with Crippen LogP contribution >= 0.6 is 0 Å². The van der Waals surface area contributed by atoms with Crippen molar-refractivity contribution in [3.05, 3.63) is 78.4 Å². The number of aliphatic carboxylic acids is 1. The summed E-state index contributed by atoms with van der Waals surface area (Å²) in [5.41, 5.74) is 3.58. The molecule has 0 aliphatic carbocycles. The molecule has 0 unspecified atom stereocenters. The minimum Gasteiger partial charge on any atom is -0.478 e. The molecule has 2 aromatic heterocycles. The predicted octanol–water partition coefficient (Wildman–Crippen LogP) is 2.96. The zero-order valence-corrected chi connectivity index (χ0v) is 16.6. The summed E-state index contributed by atoms with van der Waals surface area (Å²) in [6.45, 7) is 4.51. The van der Waals surface area contributed by atoms with Gasteiger partial charge in [0.15, 0.2) is 0 Å². The zero-order chi connectivity index (χ0) is 20.8. The van der Waals surface area contributed by atoms with Crippen molar-refractivity contribution in [2.24, 2.45) is 0 Å². The van der Waals surface area contributed by atoms with Gasteiger partial charge in [0, 0.05) is 50.6 Å². The summed E-state index contributed by atoms with van der Waals surface area (Å²) >= 11 is 0. The van der Waals surface area contributed by atoms with Crippen LogP contribution in [0.5, 0.6) is 0 Å². The van der Waals surface area contributed by atoms with Crippen molar-refractivity contribution in [2.45, 2.75) is 6.54 Å². The molecule has 1 aliphatic heterocycles. The Kier molecular flexibility index (Phi) is 6.10. The smallest absolute Gasteiger partial charge is 0.328 e. The molecule has 1 fully saturated rings. The van der Waals surface area contributed by atoms with E-state index in [1.807, 2.05) is 42.6 Å². The molecule has 1 aliphatic rings. The lowest BCUT2D eigenvalue weighted by Crippen LogP contribution is -2.46. The topological polar surface area (TPSA) is 82.5 Å². The Balaban J connectivity index is 1.43. The number of piperazine rings is 1. The molecule has 0 spiro atoms. The molecule has 30 heavy (non-hydrogen) atoms. The van der Waals surface area contributed by atoms with E-state index in [-0.39, 0.29) is 0 Å². The molecule has 152 valence electrons. The van der Waals surface area contributed by atoms with E-state index in [1.54, 1.807) is 18.5 Å². The van der Waals surface area contributed by atoms with Gasteiger partial charge in [-0.15, -0.1) is 0 Å². The summed E-state index contributed by atoms with van der Waals surface area (Å²) in [6, 6.07) is 13.6. The lowest BCUT2D eigenvalue weighted by Gasteiger charge is -2.35. The first-order valence-corrected chi connectivity index (χ1v) is 9.88. The van der Waals surface area contributed by atoms with E-state index >= 15 is 0 Å². The van der Waals surface area contributed by atoms with Gasteiger partial charge in [-0.1, -0.05) is 24.3 Å². The van der Waals surface area contributed by atoms with Gasteiger partial charge in [-0.25, -0.2) is 9.78 Å². The van der Waals surface area contributed by atoms with Crippen LogP contribution in [0.4, 0.5) is 5.82 Å². The van der Waals surface area contributed by atoms with Gasteiger partial charge in [-0.05, 0) is 29.8 Å². The number of nitrogens with zero attached hydrogens (tertiary/aromatic N) is 5. The fourth-order valence-electron chi connectivity index (χ4n) is 3.47. The summed E-state index contributed by atoms with van der Waals surface area (Å²) in [5, 5.41) is 8.82. The molecule has 1 N–H and O–H groups in total. The highest BCUT2D eigenvalue weighted by Gasteiger charge is 2.19. The average Bonchev–Trinajstić information content (AvgIpc) is 2.79. The van der Waals surface area contributed by atoms with Gasteiger partial charge in [0.25, 0.3) is 0 Å². The van der Waals surface area contributed by atoms with Gasteiger partial charge in [0.1, 0.15) is 5.82 Å². The minimum absolute atomic E-state index is 0.772. The Morgan fingerprint density at radius 1 is 1.07 bits per heavy atom. The van der Waals surface area contributed by atoms with E-state index in [0.29, 0.717) is 0 Å². The molecule has 3 aromatic rings. The maximum absolute atomic E-state index is 10.8. The number of anilines is 1. The predicted molar refractivity (Wildman–Crippen MR) is 116 cm³/mol. The van der Waals surface area contributed by atoms with Crippen molar-refractivity contribution >= 4 is 17.9 Å². The molecule has 0 bridgehead atoms. The Morgan fingerprint density at radius 2 is 1.93 bits per heavy atom. The van der Waals surface area contributed by atoms with Crippen LogP contribution in [0, 0.1) is 0 Å². The average molecular weight is 401 g/mol. The molecule has 0 saturated carbocycles. The molecule has 3 heterocycles. The second-order valence-corrected chi connectivity index (χ2v) is 7.14. The van der Waals surface area contributed by atoms with Gasteiger partial charge in [-0.3, -0.25) is 14.9 Å². The van der Waals surface area contributed by atoms with Crippen LogP contribution in [-0.4, -0.2) is 57.1 Å². The van der Waals surface area contributed by atoms with Gasteiger partial charge in [0.2, 0.25) is 0 Å². The van der Waals surface area contributed by atoms with Crippen molar-refractivity contribution in [1.29, 1.82) is 0 Å². The molecule has 0 amide bonds. The Hall–Kier alpha value is -3.58. The van der Waals surface area contributed by atoms with Crippen LogP contribution in [0.15, 0.2) is 67.1 Å². The second kappa shape index (κ2) is 9.28. The summed E-state index contributed by atoms with van der Waals surface area (Å²) < 4.78 is 0. The maximum Gasteiger partial charge on any atom is 0.328 e. The molecule has 7 heteroatoms. The molecule has 0 radical (unpaired) electrons. The Morgan fingerprint density at radius 3 is 2.70 bits per heavy atom. The number of hydrogen-bond acceptors (Lipinski definition) is 6. The highest BCUT2D eigenvalue weighted by molar-refractivity contribution is 5.85. The Labute approximate surface area is 175 Å². The lowest BCUT2D eigenvalue weighted by atomic mass is 10.1. The van der Waals surface area contributed by atoms with E-state index in [4.69, 9.17) is 10.1 Å². The van der Waals surface area contributed by atoms with Crippen molar-refractivity contribution in [3.8, 4) is 11.3 Å². The van der Waals surface area contributed by atoms with E-state index in [0.717, 1.165) is 67.1 Å². The number of aromatic nitrogens is 3. The van der Waals surface area contributed by atoms with Crippen LogP contribution < -0.4 is 4.90 Å². The third-order valence-corrected chi connectivity index (χ3v) is 5.03. The summed E-state index contributed by atoms with van der Waals surface area (Å²) in [6.07, 6.45) is 8.07. The van der Waals surface area contributed by atoms with Gasteiger partial charge in [-0.2, -0.15) is 0 Å². The number of carboxylic acid groups (broad SMARTS) is 1. The molecular weight excluding hydrogens is 378 g/mol. The number of carbonyl (C=O) groups is 1. The number of pyridine rings is 1. The Bertz CT molecular complexity index is 1030. The van der Waals surface area contributed by atoms with E-state index in [1.165, 1.54) is 0 Å². The monoisotopic (exact) mass is 401 g/mol. The molecule has 0 atom stereocenters. The summed E-state index contributed by atoms with van der Waals surface area (Å²) in [4.78, 5) is 29.0. The van der Waals surface area contributed by atoms with Crippen molar-refractivity contribution < 1.29 is 9.90 Å². The molecule has 7 nitrogen and oxygen atoms in total. The molecule has 1 aromatic carbocycles. The number of benzene rings is 1. The first-order chi connectivity index (χ1) is 14.7. The lowest BCUT2D eigenvalue weighted by molar-refractivity contribution is -0.131. The minimum atomic E-state index is -0.968. The van der Waals surface area contributed by atoms with Crippen molar-refractivity contribution in [1.82, 2.24) is 19.9 Å². The maximum atomic E-state index is 10.8. The normalized spacial score (nSPS) is 14.9. The van der Waals surface area contributed by atoms with Crippen LogP contribution in [-0.2, 0) is 11.3 Å². The second-order valence-electron chi connectivity index (χ2n) is 7.14. The van der Waals surface area contributed by atoms with Crippen LogP contribution in [0.2, 0.25) is 0 Å². The third kappa shape index (κ3) is 5.07. The standard InChI is InChI=1S/C23H23N5O2/c29-23(30)8-7-18-4-3-5-19(14-18)21-15-24-16-22(26-21)28-12-10-27(11-13-28)17-20-6-1-2-9-25-20/h1-9,14-16H,10-13,17H2,(H,29,30)/b8-7+. The molecule has 1 saturated heterocycles. The van der Waals surface area contributed by atoms with Crippen LogP contribution in [0.3, 0.4) is 0 Å². The van der Waals surface area contributed by atoms with Crippen molar-refractivity contribution in [2.75, 3.05) is 31.1 Å². The number of hydrogen-bond donors (Lipinski definition) is 1. The SMILES string of the molecule is O=C(O)/C=C/c1cccc(-c2cncc(N3CCN(Cc4ccccn4)CC3)n2)c1. The first kappa shape index (κ1) is 19.7. The fourth-order valence-corrected chi connectivity index (χ4v) is 3.47. The highest BCUT2D eigenvalue weighted by Crippen LogP contribution is 2.22. The summed E-state index contributed by atoms with van der Waals surface area (Å²) in [5.74, 6) is -0.110. The zero-order valence-electron chi connectivity index (χ0n) is 16.6.